The Labute approximate surface area is 517 Å². The summed E-state index contributed by atoms with van der Waals surface area (Å²) in [6.45, 7) is 6.65. The van der Waals surface area contributed by atoms with Crippen molar-refractivity contribution in [3.8, 4) is 0 Å². The lowest BCUT2D eigenvalue weighted by atomic mass is 10.0. The van der Waals surface area contributed by atoms with Crippen molar-refractivity contribution in [3.05, 3.63) is 60.8 Å². The van der Waals surface area contributed by atoms with Gasteiger partial charge in [0.05, 0.1) is 0 Å². The molecule has 0 heterocycles. The van der Waals surface area contributed by atoms with Crippen molar-refractivity contribution in [2.75, 3.05) is 13.2 Å². The lowest BCUT2D eigenvalue weighted by Gasteiger charge is -2.18. The Morgan fingerprint density at radius 2 is 0.434 bits per heavy atom. The van der Waals surface area contributed by atoms with Crippen molar-refractivity contribution in [1.82, 2.24) is 0 Å². The van der Waals surface area contributed by atoms with E-state index in [-0.39, 0.29) is 31.1 Å². The van der Waals surface area contributed by atoms with Gasteiger partial charge in [0.15, 0.2) is 6.10 Å². The van der Waals surface area contributed by atoms with Gasteiger partial charge in [0, 0.05) is 19.3 Å². The van der Waals surface area contributed by atoms with Crippen LogP contribution < -0.4 is 0 Å². The van der Waals surface area contributed by atoms with Gasteiger partial charge in [-0.1, -0.05) is 326 Å². The van der Waals surface area contributed by atoms with Crippen LogP contribution in [0.1, 0.15) is 393 Å². The summed E-state index contributed by atoms with van der Waals surface area (Å²) in [5.74, 6) is -0.868. The summed E-state index contributed by atoms with van der Waals surface area (Å²) >= 11 is 0. The molecule has 0 aromatic heterocycles. The Morgan fingerprint density at radius 3 is 0.699 bits per heavy atom. The number of hydrogen-bond donors (Lipinski definition) is 0. The van der Waals surface area contributed by atoms with Gasteiger partial charge >= 0.3 is 17.9 Å². The van der Waals surface area contributed by atoms with Gasteiger partial charge in [0.2, 0.25) is 0 Å². The van der Waals surface area contributed by atoms with Gasteiger partial charge in [0.1, 0.15) is 13.2 Å². The number of unbranched alkanes of at least 4 members (excludes halogenated alkanes) is 47. The largest absolute Gasteiger partial charge is 0.462 e. The van der Waals surface area contributed by atoms with Gasteiger partial charge in [-0.15, -0.1) is 0 Å². The Bertz CT molecular complexity index is 1470. The van der Waals surface area contributed by atoms with Crippen LogP contribution in [-0.2, 0) is 28.6 Å². The third-order valence-electron chi connectivity index (χ3n) is 16.5. The van der Waals surface area contributed by atoms with E-state index < -0.39 is 6.10 Å². The molecule has 0 saturated heterocycles. The number of rotatable bonds is 68. The van der Waals surface area contributed by atoms with Gasteiger partial charge in [-0.05, 0) is 109 Å². The van der Waals surface area contributed by atoms with Crippen LogP contribution in [0.5, 0.6) is 0 Å². The lowest BCUT2D eigenvalue weighted by Crippen LogP contribution is -2.30. The van der Waals surface area contributed by atoms with Gasteiger partial charge < -0.3 is 14.2 Å². The van der Waals surface area contributed by atoms with Crippen LogP contribution in [0.3, 0.4) is 0 Å². The molecule has 0 aliphatic rings. The highest BCUT2D eigenvalue weighted by Crippen LogP contribution is 2.18. The molecule has 0 aromatic carbocycles. The first kappa shape index (κ1) is 80.1. The second kappa shape index (κ2) is 71.6. The molecule has 1 atom stereocenters. The van der Waals surface area contributed by atoms with Gasteiger partial charge in [-0.25, -0.2) is 0 Å². The zero-order valence-corrected chi connectivity index (χ0v) is 55.7. The van der Waals surface area contributed by atoms with Crippen molar-refractivity contribution in [1.29, 1.82) is 0 Å². The summed E-state index contributed by atoms with van der Waals surface area (Å²) in [7, 11) is 0. The first-order chi connectivity index (χ1) is 41.0. The molecule has 484 valence electrons. The molecular formula is C77H140O6. The lowest BCUT2D eigenvalue weighted by molar-refractivity contribution is -0.167. The third-order valence-corrected chi connectivity index (χ3v) is 16.5. The molecule has 0 rings (SSSR count). The molecule has 0 saturated carbocycles. The number of carbonyl (C=O) groups is 3. The fourth-order valence-electron chi connectivity index (χ4n) is 10.9. The Hall–Kier alpha value is -2.89. The molecule has 0 fully saturated rings. The summed E-state index contributed by atoms with van der Waals surface area (Å²) < 4.78 is 17.0. The third kappa shape index (κ3) is 69.8. The predicted molar refractivity (Wildman–Crippen MR) is 362 cm³/mol. The normalized spacial score (nSPS) is 12.4. The smallest absolute Gasteiger partial charge is 0.306 e. The zero-order chi connectivity index (χ0) is 59.9. The van der Waals surface area contributed by atoms with Crippen LogP contribution in [0.4, 0.5) is 0 Å². The molecule has 0 N–H and O–H groups in total. The van der Waals surface area contributed by atoms with E-state index in [9.17, 15) is 14.4 Å². The molecule has 1 unspecified atom stereocenters. The molecule has 0 aliphatic heterocycles. The molecule has 0 bridgehead atoms. The van der Waals surface area contributed by atoms with Crippen molar-refractivity contribution in [3.63, 3.8) is 0 Å². The Balaban J connectivity index is 4.27. The Kier molecular flexibility index (Phi) is 69.1. The number of ether oxygens (including phenoxy) is 3. The van der Waals surface area contributed by atoms with E-state index in [1.807, 2.05) is 0 Å². The van der Waals surface area contributed by atoms with Crippen LogP contribution in [-0.4, -0.2) is 37.2 Å². The van der Waals surface area contributed by atoms with Crippen molar-refractivity contribution in [2.45, 2.75) is 399 Å². The molecule has 0 amide bonds. The topological polar surface area (TPSA) is 78.9 Å². The highest BCUT2D eigenvalue weighted by Gasteiger charge is 2.19. The minimum atomic E-state index is -0.782. The fraction of sp³-hybridized carbons (Fsp3) is 0.831. The second-order valence-electron chi connectivity index (χ2n) is 24.8. The molecule has 0 aliphatic carbocycles. The summed E-state index contributed by atoms with van der Waals surface area (Å²) in [6, 6.07) is 0. The summed E-state index contributed by atoms with van der Waals surface area (Å²) in [5.41, 5.74) is 0. The van der Waals surface area contributed by atoms with Crippen molar-refractivity contribution in [2.24, 2.45) is 0 Å². The highest BCUT2D eigenvalue weighted by molar-refractivity contribution is 5.71. The van der Waals surface area contributed by atoms with E-state index in [0.717, 1.165) is 83.5 Å². The van der Waals surface area contributed by atoms with Crippen LogP contribution in [0, 0.1) is 0 Å². The molecule has 6 heteroatoms. The maximum absolute atomic E-state index is 13.0. The second-order valence-corrected chi connectivity index (χ2v) is 24.8. The van der Waals surface area contributed by atoms with Gasteiger partial charge in [-0.2, -0.15) is 0 Å². The average molecular weight is 1160 g/mol. The van der Waals surface area contributed by atoms with E-state index >= 15 is 0 Å². The number of hydrogen-bond acceptors (Lipinski definition) is 6. The van der Waals surface area contributed by atoms with Crippen molar-refractivity contribution < 1.29 is 28.6 Å². The van der Waals surface area contributed by atoms with Crippen LogP contribution in [0.15, 0.2) is 60.8 Å². The van der Waals surface area contributed by atoms with E-state index in [0.29, 0.717) is 19.3 Å². The Morgan fingerprint density at radius 1 is 0.241 bits per heavy atom. The SMILES string of the molecule is CCCCC/C=C\C/C=C\CCCCCCCC(=O)OCC(COC(=O)CCCCCCCCCCCCCCCCC/C=C\CCCCCCCCCC)OC(=O)CCCCCCCCCCCCC/C=C\C/C=C\CCCCCCC. The van der Waals surface area contributed by atoms with E-state index in [1.165, 1.54) is 270 Å². The van der Waals surface area contributed by atoms with Gasteiger partial charge in [-0.3, -0.25) is 14.4 Å². The molecule has 0 spiro atoms. The number of allylic oxidation sites excluding steroid dienone is 10. The molecule has 6 nitrogen and oxygen atoms in total. The summed E-state index contributed by atoms with van der Waals surface area (Å²) in [6.07, 6.45) is 92.5. The fourth-order valence-corrected chi connectivity index (χ4v) is 10.9. The van der Waals surface area contributed by atoms with Crippen molar-refractivity contribution >= 4 is 17.9 Å². The minimum Gasteiger partial charge on any atom is -0.462 e. The number of carbonyl (C=O) groups excluding carboxylic acids is 3. The van der Waals surface area contributed by atoms with E-state index in [1.54, 1.807) is 0 Å². The first-order valence-corrected chi connectivity index (χ1v) is 36.8. The molecular weight excluding hydrogens is 1020 g/mol. The first-order valence-electron chi connectivity index (χ1n) is 36.8. The summed E-state index contributed by atoms with van der Waals surface area (Å²) in [4.78, 5) is 38.5. The standard InChI is InChI=1S/C77H140O6/c1-4-7-10-13-16-19-22-25-28-30-32-34-36-37-38-39-41-42-44-46-49-52-55-58-61-64-67-70-76(79)82-73-74(72-81-75(78)69-66-63-60-57-54-51-48-27-24-21-18-15-12-9-6-3)83-77(80)71-68-65-62-59-56-53-50-47-45-43-40-35-33-31-29-26-23-20-17-14-11-8-5-2/h18,21,23,26-27,30-33,48,74H,4-17,19-20,22,24-25,28-29,34-47,49-73H2,1-3H3/b21-18-,26-23-,32-30-,33-31-,48-27-. The quantitative estimate of drug-likeness (QED) is 0.0261. The summed E-state index contributed by atoms with van der Waals surface area (Å²) in [5, 5.41) is 0. The average Bonchev–Trinajstić information content (AvgIpc) is 3.49. The maximum atomic E-state index is 13.0. The van der Waals surface area contributed by atoms with Crippen LogP contribution in [0.2, 0.25) is 0 Å². The number of esters is 3. The predicted octanol–water partition coefficient (Wildman–Crippen LogP) is 25.5. The molecule has 0 aromatic rings. The molecule has 83 heavy (non-hydrogen) atoms. The van der Waals surface area contributed by atoms with Crippen LogP contribution >= 0.6 is 0 Å². The molecule has 0 radical (unpaired) electrons. The minimum absolute atomic E-state index is 0.0763. The van der Waals surface area contributed by atoms with E-state index in [4.69, 9.17) is 14.2 Å². The maximum Gasteiger partial charge on any atom is 0.306 e. The van der Waals surface area contributed by atoms with Crippen LogP contribution in [0.25, 0.3) is 0 Å². The zero-order valence-electron chi connectivity index (χ0n) is 55.7. The van der Waals surface area contributed by atoms with Gasteiger partial charge in [0.25, 0.3) is 0 Å². The highest BCUT2D eigenvalue weighted by atomic mass is 16.6. The monoisotopic (exact) mass is 1160 g/mol. The van der Waals surface area contributed by atoms with E-state index in [2.05, 4.69) is 81.5 Å².